The molecule has 3 rings (SSSR count). The summed E-state index contributed by atoms with van der Waals surface area (Å²) in [4.78, 5) is 16.8. The van der Waals surface area contributed by atoms with E-state index in [1.807, 2.05) is 6.07 Å². The fourth-order valence-electron chi connectivity index (χ4n) is 3.06. The Morgan fingerprint density at radius 2 is 2.33 bits per heavy atom. The van der Waals surface area contributed by atoms with Crippen LogP contribution in [0.2, 0.25) is 0 Å². The Bertz CT molecular complexity index is 652. The highest BCUT2D eigenvalue weighted by molar-refractivity contribution is 5.49. The molecule has 1 atom stereocenters. The van der Waals surface area contributed by atoms with Gasteiger partial charge in [0.25, 0.3) is 0 Å². The molecule has 0 spiro atoms. The summed E-state index contributed by atoms with van der Waals surface area (Å²) in [6.45, 7) is 4.15. The number of hydrogen-bond donors (Lipinski definition) is 0. The fourth-order valence-corrected chi connectivity index (χ4v) is 3.06. The van der Waals surface area contributed by atoms with Gasteiger partial charge < -0.3 is 15.0 Å². The van der Waals surface area contributed by atoms with E-state index in [2.05, 4.69) is 21.9 Å². The minimum atomic E-state index is -0.452. The summed E-state index contributed by atoms with van der Waals surface area (Å²) in [7, 11) is 0. The van der Waals surface area contributed by atoms with Crippen LogP contribution in [0.25, 0.3) is 5.65 Å². The lowest BCUT2D eigenvalue weighted by Crippen LogP contribution is -2.36. The monoisotopic (exact) mass is 289 g/mol. The van der Waals surface area contributed by atoms with E-state index in [0.29, 0.717) is 11.6 Å². The van der Waals surface area contributed by atoms with Crippen LogP contribution in [-0.2, 0) is 0 Å². The molecule has 0 amide bonds. The van der Waals surface area contributed by atoms with Crippen molar-refractivity contribution in [2.45, 2.75) is 32.6 Å². The van der Waals surface area contributed by atoms with E-state index >= 15 is 0 Å². The van der Waals surface area contributed by atoms with Gasteiger partial charge in [-0.15, -0.1) is 0 Å². The molecule has 2 aromatic heterocycles. The molecule has 21 heavy (non-hydrogen) atoms. The summed E-state index contributed by atoms with van der Waals surface area (Å²) in [6.07, 6.45) is 6.08. The highest BCUT2D eigenvalue weighted by Crippen LogP contribution is 2.25. The van der Waals surface area contributed by atoms with E-state index in [-0.39, 0.29) is 5.82 Å². The van der Waals surface area contributed by atoms with Gasteiger partial charge in [-0.2, -0.15) is 0 Å². The molecule has 7 heteroatoms. The predicted octanol–water partition coefficient (Wildman–Crippen LogP) is 2.65. The van der Waals surface area contributed by atoms with Crippen LogP contribution in [0.4, 0.5) is 11.6 Å². The zero-order chi connectivity index (χ0) is 14.8. The molecule has 1 unspecified atom stereocenters. The summed E-state index contributed by atoms with van der Waals surface area (Å²) < 4.78 is 1.32. The average molecular weight is 289 g/mol. The van der Waals surface area contributed by atoms with Crippen molar-refractivity contribution in [3.63, 3.8) is 0 Å². The van der Waals surface area contributed by atoms with E-state index in [9.17, 15) is 10.1 Å². The molecule has 3 heterocycles. The molecule has 0 N–H and O–H groups in total. The fraction of sp³-hybridized carbons (Fsp3) is 0.571. The molecule has 1 aliphatic heterocycles. The predicted molar refractivity (Wildman–Crippen MR) is 79.5 cm³/mol. The number of aromatic nitrogens is 3. The Morgan fingerprint density at radius 3 is 3.10 bits per heavy atom. The van der Waals surface area contributed by atoms with Gasteiger partial charge in [-0.25, -0.2) is 4.98 Å². The maximum atomic E-state index is 11.0. The van der Waals surface area contributed by atoms with Gasteiger partial charge in [0.05, 0.1) is 0 Å². The van der Waals surface area contributed by atoms with Gasteiger partial charge in [-0.1, -0.05) is 23.0 Å². The van der Waals surface area contributed by atoms with E-state index in [4.69, 9.17) is 0 Å². The Balaban J connectivity index is 1.89. The van der Waals surface area contributed by atoms with Crippen molar-refractivity contribution in [2.75, 3.05) is 18.0 Å². The maximum Gasteiger partial charge on any atom is 0.368 e. The van der Waals surface area contributed by atoms with Gasteiger partial charge in [0.15, 0.2) is 5.82 Å². The van der Waals surface area contributed by atoms with Crippen LogP contribution in [0.5, 0.6) is 0 Å². The Kier molecular flexibility index (Phi) is 3.72. The zero-order valence-electron chi connectivity index (χ0n) is 12.1. The number of hydrogen-bond acceptors (Lipinski definition) is 5. The minimum Gasteiger partial charge on any atom is -0.358 e. The number of rotatable bonds is 4. The lowest BCUT2D eigenvalue weighted by molar-refractivity contribution is -0.391. The van der Waals surface area contributed by atoms with Crippen molar-refractivity contribution in [3.05, 3.63) is 28.4 Å². The van der Waals surface area contributed by atoms with Crippen LogP contribution in [0, 0.1) is 16.0 Å². The number of fused-ring (bicyclic) bond motifs is 1. The molecule has 0 bridgehead atoms. The largest absolute Gasteiger partial charge is 0.368 e. The van der Waals surface area contributed by atoms with Gasteiger partial charge in [-0.3, -0.25) is 0 Å². The van der Waals surface area contributed by atoms with Crippen molar-refractivity contribution in [1.29, 1.82) is 0 Å². The maximum absolute atomic E-state index is 11.0. The standard InChI is InChI=1S/C14H19N5O2/c1-2-4-11-5-3-8-17(10-11)13-7-6-12-15-9-14(19(20)21)18(12)16-13/h6-7,9,11H,2-5,8,10H2,1H3. The highest BCUT2D eigenvalue weighted by Gasteiger charge is 2.23. The minimum absolute atomic E-state index is 0.0889. The summed E-state index contributed by atoms with van der Waals surface area (Å²) in [5.41, 5.74) is 0.507. The summed E-state index contributed by atoms with van der Waals surface area (Å²) >= 11 is 0. The van der Waals surface area contributed by atoms with Gasteiger partial charge in [0.2, 0.25) is 5.65 Å². The van der Waals surface area contributed by atoms with E-state index in [1.165, 1.54) is 30.0 Å². The topological polar surface area (TPSA) is 76.6 Å². The van der Waals surface area contributed by atoms with Gasteiger partial charge in [0.1, 0.15) is 6.20 Å². The van der Waals surface area contributed by atoms with Crippen LogP contribution in [-0.4, -0.2) is 32.6 Å². The molecule has 0 saturated carbocycles. The molecule has 0 radical (unpaired) electrons. The van der Waals surface area contributed by atoms with Gasteiger partial charge >= 0.3 is 5.82 Å². The van der Waals surface area contributed by atoms with Crippen LogP contribution >= 0.6 is 0 Å². The third-order valence-corrected chi connectivity index (χ3v) is 4.06. The van der Waals surface area contributed by atoms with Crippen molar-refractivity contribution in [2.24, 2.45) is 5.92 Å². The van der Waals surface area contributed by atoms with Crippen molar-refractivity contribution < 1.29 is 4.92 Å². The summed E-state index contributed by atoms with van der Waals surface area (Å²) in [5.74, 6) is 1.40. The summed E-state index contributed by atoms with van der Waals surface area (Å²) in [6, 6.07) is 3.69. The molecule has 0 aromatic carbocycles. The summed E-state index contributed by atoms with van der Waals surface area (Å²) in [5, 5.41) is 15.4. The highest BCUT2D eigenvalue weighted by atomic mass is 16.6. The first-order chi connectivity index (χ1) is 10.2. The van der Waals surface area contributed by atoms with Gasteiger partial charge in [0, 0.05) is 19.2 Å². The molecule has 1 aliphatic rings. The van der Waals surface area contributed by atoms with Crippen molar-refractivity contribution >= 4 is 17.3 Å². The number of imidazole rings is 1. The second-order valence-electron chi connectivity index (χ2n) is 5.58. The lowest BCUT2D eigenvalue weighted by atomic mass is 9.94. The number of anilines is 1. The molecule has 0 aliphatic carbocycles. The van der Waals surface area contributed by atoms with E-state index < -0.39 is 4.92 Å². The lowest BCUT2D eigenvalue weighted by Gasteiger charge is -2.32. The average Bonchev–Trinajstić information content (AvgIpc) is 2.91. The molecule has 1 fully saturated rings. The second kappa shape index (κ2) is 5.67. The van der Waals surface area contributed by atoms with Gasteiger partial charge in [-0.05, 0) is 36.2 Å². The van der Waals surface area contributed by atoms with Crippen LogP contribution < -0.4 is 4.90 Å². The Labute approximate surface area is 122 Å². The van der Waals surface area contributed by atoms with Crippen molar-refractivity contribution in [1.82, 2.24) is 14.6 Å². The quantitative estimate of drug-likeness (QED) is 0.639. The molecular formula is C14H19N5O2. The Morgan fingerprint density at radius 1 is 1.48 bits per heavy atom. The number of nitro groups is 1. The SMILES string of the molecule is CCCC1CCCN(c2ccc3ncc([N+](=O)[O-])n3n2)C1. The molecule has 1 saturated heterocycles. The molecule has 112 valence electrons. The zero-order valence-corrected chi connectivity index (χ0v) is 12.1. The normalized spacial score (nSPS) is 19.1. The smallest absolute Gasteiger partial charge is 0.358 e. The molecule has 7 nitrogen and oxygen atoms in total. The van der Waals surface area contributed by atoms with Crippen LogP contribution in [0.3, 0.4) is 0 Å². The second-order valence-corrected chi connectivity index (χ2v) is 5.58. The van der Waals surface area contributed by atoms with Crippen LogP contribution in [0.15, 0.2) is 18.3 Å². The first kappa shape index (κ1) is 13.8. The van der Waals surface area contributed by atoms with Crippen LogP contribution in [0.1, 0.15) is 32.6 Å². The molecular weight excluding hydrogens is 270 g/mol. The van der Waals surface area contributed by atoms with Crippen molar-refractivity contribution in [3.8, 4) is 0 Å². The van der Waals surface area contributed by atoms with E-state index in [1.54, 1.807) is 6.07 Å². The Hall–Kier alpha value is -2.18. The number of piperidine rings is 1. The first-order valence-electron chi connectivity index (χ1n) is 7.43. The third-order valence-electron chi connectivity index (χ3n) is 4.06. The molecule has 2 aromatic rings. The number of nitrogens with zero attached hydrogens (tertiary/aromatic N) is 5. The van der Waals surface area contributed by atoms with E-state index in [0.717, 1.165) is 25.3 Å². The third kappa shape index (κ3) is 2.68. The first-order valence-corrected chi connectivity index (χ1v) is 7.43.